The molecule has 250 valence electrons. The summed E-state index contributed by atoms with van der Waals surface area (Å²) in [6.45, 7) is 0. The Kier molecular flexibility index (Phi) is 7.43. The Balaban J connectivity index is 1.15. The number of hydrogen-bond donors (Lipinski definition) is 0. The summed E-state index contributed by atoms with van der Waals surface area (Å²) in [4.78, 5) is 7.19. The summed E-state index contributed by atoms with van der Waals surface area (Å²) < 4.78 is 12.6. The third kappa shape index (κ3) is 5.63. The van der Waals surface area contributed by atoms with Crippen molar-refractivity contribution in [1.29, 1.82) is 0 Å². The van der Waals surface area contributed by atoms with Gasteiger partial charge in [0.25, 0.3) is 0 Å². The molecule has 0 radical (unpaired) electrons. The highest BCUT2D eigenvalue weighted by Crippen LogP contribution is 2.43. The van der Waals surface area contributed by atoms with Crippen molar-refractivity contribution in [3.8, 4) is 44.8 Å². The molecule has 8 aromatic carbocycles. The number of hydrogen-bond acceptors (Lipinski definition) is 4. The molecule has 2 heterocycles. The number of anilines is 3. The second-order valence-corrected chi connectivity index (χ2v) is 13.2. The van der Waals surface area contributed by atoms with Crippen molar-refractivity contribution in [1.82, 2.24) is 4.98 Å². The first-order chi connectivity index (χ1) is 26.2. The Morgan fingerprint density at radius 2 is 0.868 bits per heavy atom. The van der Waals surface area contributed by atoms with Gasteiger partial charge in [-0.3, -0.25) is 0 Å². The SMILES string of the molecule is c1ccc(-c2ccc(N(c3ccc(-c4ccccc4)c(-c4ccccc4)c3)c3ccc4oc5cc6oc(-c7ccccc7)nc6cc5c4c3)cc2)cc1. The minimum absolute atomic E-state index is 0.594. The van der Waals surface area contributed by atoms with E-state index in [1.807, 2.05) is 36.4 Å². The molecule has 0 saturated carbocycles. The smallest absolute Gasteiger partial charge is 0.227 e. The number of nitrogens with zero attached hydrogens (tertiary/aromatic N) is 2. The van der Waals surface area contributed by atoms with Gasteiger partial charge in [-0.2, -0.15) is 0 Å². The lowest BCUT2D eigenvalue weighted by Crippen LogP contribution is -2.10. The topological polar surface area (TPSA) is 42.4 Å². The van der Waals surface area contributed by atoms with Crippen LogP contribution in [0.5, 0.6) is 0 Å². The van der Waals surface area contributed by atoms with Crippen LogP contribution in [-0.4, -0.2) is 4.98 Å². The summed E-state index contributed by atoms with van der Waals surface area (Å²) in [5, 5.41) is 2.00. The predicted molar refractivity (Wildman–Crippen MR) is 218 cm³/mol. The van der Waals surface area contributed by atoms with E-state index in [1.54, 1.807) is 0 Å². The number of furan rings is 1. The average Bonchev–Trinajstić information content (AvgIpc) is 3.82. The van der Waals surface area contributed by atoms with Crippen molar-refractivity contribution in [2.24, 2.45) is 0 Å². The summed E-state index contributed by atoms with van der Waals surface area (Å²) >= 11 is 0. The normalized spacial score (nSPS) is 11.4. The zero-order valence-corrected chi connectivity index (χ0v) is 28.7. The molecule has 0 aliphatic heterocycles. The Morgan fingerprint density at radius 1 is 0.340 bits per heavy atom. The van der Waals surface area contributed by atoms with Crippen LogP contribution < -0.4 is 4.90 Å². The summed E-state index contributed by atoms with van der Waals surface area (Å²) in [5.41, 5.74) is 14.2. The Hall–Kier alpha value is -7.17. The molecule has 4 heteroatoms. The molecule has 0 saturated heterocycles. The van der Waals surface area contributed by atoms with Crippen molar-refractivity contribution in [3.05, 3.63) is 194 Å². The van der Waals surface area contributed by atoms with Crippen LogP contribution in [0.25, 0.3) is 77.9 Å². The van der Waals surface area contributed by atoms with Crippen LogP contribution in [0.1, 0.15) is 0 Å². The summed E-state index contributed by atoms with van der Waals surface area (Å²) in [5.74, 6) is 0.594. The van der Waals surface area contributed by atoms with Crippen molar-refractivity contribution >= 4 is 50.1 Å². The van der Waals surface area contributed by atoms with Crippen LogP contribution in [0.15, 0.2) is 203 Å². The van der Waals surface area contributed by atoms with E-state index in [2.05, 4.69) is 163 Å². The van der Waals surface area contributed by atoms with E-state index in [1.165, 1.54) is 22.3 Å². The van der Waals surface area contributed by atoms with E-state index >= 15 is 0 Å². The van der Waals surface area contributed by atoms with Gasteiger partial charge in [0, 0.05) is 39.5 Å². The lowest BCUT2D eigenvalue weighted by Gasteiger charge is -2.27. The molecule has 2 aromatic heterocycles. The maximum absolute atomic E-state index is 6.42. The van der Waals surface area contributed by atoms with E-state index in [0.29, 0.717) is 11.5 Å². The highest BCUT2D eigenvalue weighted by Gasteiger charge is 2.19. The van der Waals surface area contributed by atoms with Crippen molar-refractivity contribution in [2.75, 3.05) is 4.90 Å². The lowest BCUT2D eigenvalue weighted by atomic mass is 9.93. The molecule has 0 amide bonds. The Morgan fingerprint density at radius 3 is 1.55 bits per heavy atom. The van der Waals surface area contributed by atoms with Gasteiger partial charge in [0.1, 0.15) is 16.7 Å². The van der Waals surface area contributed by atoms with Crippen molar-refractivity contribution < 1.29 is 8.83 Å². The van der Waals surface area contributed by atoms with E-state index in [-0.39, 0.29) is 0 Å². The fourth-order valence-electron chi connectivity index (χ4n) is 7.31. The molecule has 0 atom stereocenters. The third-order valence-corrected chi connectivity index (χ3v) is 9.91. The maximum atomic E-state index is 6.42. The van der Waals surface area contributed by atoms with Crippen LogP contribution in [0.2, 0.25) is 0 Å². The molecule has 10 aromatic rings. The first kappa shape index (κ1) is 30.6. The van der Waals surface area contributed by atoms with Crippen LogP contribution in [0.4, 0.5) is 17.1 Å². The third-order valence-electron chi connectivity index (χ3n) is 9.91. The predicted octanol–water partition coefficient (Wildman–Crippen LogP) is 13.9. The van der Waals surface area contributed by atoms with E-state index < -0.39 is 0 Å². The Bertz CT molecular complexity index is 2860. The molecule has 0 aliphatic rings. The minimum Gasteiger partial charge on any atom is -0.456 e. The lowest BCUT2D eigenvalue weighted by molar-refractivity contribution is 0.617. The summed E-state index contributed by atoms with van der Waals surface area (Å²) in [7, 11) is 0. The van der Waals surface area contributed by atoms with Gasteiger partial charge >= 0.3 is 0 Å². The van der Waals surface area contributed by atoms with Crippen molar-refractivity contribution in [3.63, 3.8) is 0 Å². The molecule has 0 aliphatic carbocycles. The van der Waals surface area contributed by atoms with E-state index in [9.17, 15) is 0 Å². The second kappa shape index (κ2) is 12.9. The number of benzene rings is 8. The molecule has 0 N–H and O–H groups in total. The quantitative estimate of drug-likeness (QED) is 0.168. The fourth-order valence-corrected chi connectivity index (χ4v) is 7.31. The minimum atomic E-state index is 0.594. The number of rotatable bonds is 7. The van der Waals surface area contributed by atoms with Gasteiger partial charge in [0.15, 0.2) is 5.58 Å². The highest BCUT2D eigenvalue weighted by molar-refractivity contribution is 6.10. The van der Waals surface area contributed by atoms with Gasteiger partial charge in [0.2, 0.25) is 5.89 Å². The number of fused-ring (bicyclic) bond motifs is 4. The van der Waals surface area contributed by atoms with Gasteiger partial charge < -0.3 is 13.7 Å². The van der Waals surface area contributed by atoms with Crippen LogP contribution >= 0.6 is 0 Å². The highest BCUT2D eigenvalue weighted by atomic mass is 16.4. The molecular weight excluding hydrogens is 649 g/mol. The van der Waals surface area contributed by atoms with Gasteiger partial charge in [-0.1, -0.05) is 127 Å². The number of oxazole rings is 1. The summed E-state index contributed by atoms with van der Waals surface area (Å²) in [6, 6.07) is 67.8. The van der Waals surface area contributed by atoms with Gasteiger partial charge in [-0.15, -0.1) is 0 Å². The van der Waals surface area contributed by atoms with Crippen LogP contribution in [0.3, 0.4) is 0 Å². The molecule has 10 rings (SSSR count). The first-order valence-corrected chi connectivity index (χ1v) is 17.8. The van der Waals surface area contributed by atoms with Gasteiger partial charge in [-0.25, -0.2) is 4.98 Å². The number of aromatic nitrogens is 1. The van der Waals surface area contributed by atoms with Crippen molar-refractivity contribution in [2.45, 2.75) is 0 Å². The van der Waals surface area contributed by atoms with E-state index in [4.69, 9.17) is 13.8 Å². The van der Waals surface area contributed by atoms with Crippen LogP contribution in [-0.2, 0) is 0 Å². The monoisotopic (exact) mass is 680 g/mol. The molecule has 53 heavy (non-hydrogen) atoms. The molecule has 0 bridgehead atoms. The fraction of sp³-hybridized carbons (Fsp3) is 0. The zero-order chi connectivity index (χ0) is 35.1. The average molecular weight is 681 g/mol. The summed E-state index contributed by atoms with van der Waals surface area (Å²) in [6.07, 6.45) is 0. The molecule has 4 nitrogen and oxygen atoms in total. The molecule has 0 fully saturated rings. The molecular formula is C49H32N2O2. The Labute approximate surface area is 306 Å². The zero-order valence-electron chi connectivity index (χ0n) is 28.7. The largest absolute Gasteiger partial charge is 0.456 e. The standard InChI is InChI=1S/C49H32N2O2/c1-5-13-33(14-6-1)34-21-23-38(24-22-34)51(39-25-27-41(35-15-7-2-8-16-35)42(29-39)36-17-9-3-10-18-36)40-26-28-46-43(30-40)44-31-45-48(32-47(44)52-46)53-49(50-45)37-19-11-4-12-20-37/h1-32H. The van der Waals surface area contributed by atoms with Gasteiger partial charge in [0.05, 0.1) is 0 Å². The molecule has 0 unspecified atom stereocenters. The van der Waals surface area contributed by atoms with Crippen LogP contribution in [0, 0.1) is 0 Å². The van der Waals surface area contributed by atoms with E-state index in [0.717, 1.165) is 61.2 Å². The molecule has 0 spiro atoms. The van der Waals surface area contributed by atoms with Gasteiger partial charge in [-0.05, 0) is 94.0 Å². The second-order valence-electron chi connectivity index (χ2n) is 13.2. The first-order valence-electron chi connectivity index (χ1n) is 17.8. The maximum Gasteiger partial charge on any atom is 0.227 e.